The van der Waals surface area contributed by atoms with Gasteiger partial charge in [0.05, 0.1) is 18.9 Å². The van der Waals surface area contributed by atoms with Gasteiger partial charge in [-0.25, -0.2) is 18.7 Å². The van der Waals surface area contributed by atoms with E-state index in [0.717, 1.165) is 18.6 Å². The van der Waals surface area contributed by atoms with Gasteiger partial charge in [-0.05, 0) is 50.7 Å². The normalized spacial score (nSPS) is 24.2. The molecule has 10 nitrogen and oxygen atoms in total. The molecule has 2 fully saturated rings. The van der Waals surface area contributed by atoms with Crippen LogP contribution < -0.4 is 16.4 Å². The average molecular weight is 536 g/mol. The molecule has 3 aromatic rings. The maximum Gasteiger partial charge on any atom is 0.224 e. The van der Waals surface area contributed by atoms with Crippen LogP contribution in [0.3, 0.4) is 0 Å². The van der Waals surface area contributed by atoms with Gasteiger partial charge in [0.2, 0.25) is 17.8 Å². The van der Waals surface area contributed by atoms with Crippen LogP contribution >= 0.6 is 11.6 Å². The molecule has 5 rings (SSSR count). The van der Waals surface area contributed by atoms with Crippen LogP contribution in [0.5, 0.6) is 0 Å². The SMILES string of the molecule is NC(=O)C1CCC(n2c(Nc3c(F)cc(Cl)cc3F)nc3cnc(N[C@@H]4CCOC(CO)C4)nc32)CC1. The number of hydrogen-bond acceptors (Lipinski definition) is 8. The van der Waals surface area contributed by atoms with Gasteiger partial charge < -0.3 is 26.2 Å². The van der Waals surface area contributed by atoms with Crippen LogP contribution in [0.1, 0.15) is 44.6 Å². The Kier molecular flexibility index (Phi) is 7.40. The molecule has 1 amide bonds. The number of aromatic nitrogens is 4. The summed E-state index contributed by atoms with van der Waals surface area (Å²) in [6.07, 6.45) is 5.05. The second-order valence-electron chi connectivity index (χ2n) is 9.53. The van der Waals surface area contributed by atoms with E-state index in [-0.39, 0.29) is 53.3 Å². The molecular formula is C24H28ClF2N7O3. The Morgan fingerprint density at radius 2 is 1.92 bits per heavy atom. The number of hydrogen-bond donors (Lipinski definition) is 4. The smallest absolute Gasteiger partial charge is 0.224 e. The van der Waals surface area contributed by atoms with Crippen molar-refractivity contribution >= 4 is 46.3 Å². The van der Waals surface area contributed by atoms with Crippen LogP contribution in [-0.4, -0.2) is 55.9 Å². The highest BCUT2D eigenvalue weighted by molar-refractivity contribution is 6.30. The van der Waals surface area contributed by atoms with E-state index in [1.807, 2.05) is 4.57 Å². The van der Waals surface area contributed by atoms with Gasteiger partial charge in [0.1, 0.15) is 11.2 Å². The van der Waals surface area contributed by atoms with E-state index in [0.29, 0.717) is 55.8 Å². The molecule has 13 heteroatoms. The summed E-state index contributed by atoms with van der Waals surface area (Å²) in [5.74, 6) is -1.67. The number of benzene rings is 1. The summed E-state index contributed by atoms with van der Waals surface area (Å²) < 4.78 is 36.6. The van der Waals surface area contributed by atoms with Crippen LogP contribution in [-0.2, 0) is 9.53 Å². The van der Waals surface area contributed by atoms with Crippen molar-refractivity contribution in [3.8, 4) is 0 Å². The van der Waals surface area contributed by atoms with Crippen LogP contribution in [0.25, 0.3) is 11.2 Å². The third-order valence-corrected chi connectivity index (χ3v) is 7.26. The van der Waals surface area contributed by atoms with Crippen molar-refractivity contribution in [3.05, 3.63) is 35.0 Å². The van der Waals surface area contributed by atoms with Crippen LogP contribution in [0.15, 0.2) is 18.3 Å². The second kappa shape index (κ2) is 10.7. The van der Waals surface area contributed by atoms with E-state index in [9.17, 15) is 18.7 Å². The van der Waals surface area contributed by atoms with Crippen molar-refractivity contribution < 1.29 is 23.4 Å². The summed E-state index contributed by atoms with van der Waals surface area (Å²) in [5.41, 5.74) is 6.06. The number of carbonyl (C=O) groups excluding carboxylic acids is 1. The van der Waals surface area contributed by atoms with E-state index in [1.54, 1.807) is 6.20 Å². The van der Waals surface area contributed by atoms with Gasteiger partial charge in [0, 0.05) is 29.6 Å². The number of ether oxygens (including phenoxy) is 1. The molecule has 3 heterocycles. The molecular weight excluding hydrogens is 508 g/mol. The molecule has 1 saturated heterocycles. The Morgan fingerprint density at radius 3 is 2.59 bits per heavy atom. The molecule has 37 heavy (non-hydrogen) atoms. The summed E-state index contributed by atoms with van der Waals surface area (Å²) in [4.78, 5) is 25.3. The van der Waals surface area contributed by atoms with Crippen molar-refractivity contribution in [1.82, 2.24) is 19.5 Å². The summed E-state index contributed by atoms with van der Waals surface area (Å²) in [6, 6.07) is 1.92. The third-order valence-electron chi connectivity index (χ3n) is 7.04. The van der Waals surface area contributed by atoms with Gasteiger partial charge in [0.15, 0.2) is 17.3 Å². The Morgan fingerprint density at radius 1 is 1.19 bits per heavy atom. The molecule has 0 bridgehead atoms. The minimum absolute atomic E-state index is 0.0144. The Bertz CT molecular complexity index is 1280. The molecule has 5 N–H and O–H groups in total. The first-order chi connectivity index (χ1) is 17.8. The van der Waals surface area contributed by atoms with Crippen LogP contribution in [0.2, 0.25) is 5.02 Å². The van der Waals surface area contributed by atoms with Gasteiger partial charge >= 0.3 is 0 Å². The fraction of sp³-hybridized carbons (Fsp3) is 0.500. The molecule has 2 aliphatic rings. The van der Waals surface area contributed by atoms with Gasteiger partial charge in [-0.15, -0.1) is 0 Å². The minimum atomic E-state index is -0.854. The molecule has 2 atom stereocenters. The number of amides is 1. The predicted molar refractivity (Wildman–Crippen MR) is 134 cm³/mol. The van der Waals surface area contributed by atoms with E-state index in [4.69, 9.17) is 27.1 Å². The molecule has 1 aliphatic heterocycles. The monoisotopic (exact) mass is 535 g/mol. The number of anilines is 3. The fourth-order valence-electron chi connectivity index (χ4n) is 5.11. The molecule has 2 aromatic heterocycles. The first-order valence-corrected chi connectivity index (χ1v) is 12.6. The summed E-state index contributed by atoms with van der Waals surface area (Å²) >= 11 is 5.78. The van der Waals surface area contributed by atoms with Crippen molar-refractivity contribution in [3.63, 3.8) is 0 Å². The number of rotatable bonds is 7. The Labute approximate surface area is 216 Å². The largest absolute Gasteiger partial charge is 0.394 e. The summed E-state index contributed by atoms with van der Waals surface area (Å²) in [7, 11) is 0. The highest BCUT2D eigenvalue weighted by Crippen LogP contribution is 2.38. The number of imidazole rings is 1. The van der Waals surface area contributed by atoms with Crippen LogP contribution in [0.4, 0.5) is 26.4 Å². The summed E-state index contributed by atoms with van der Waals surface area (Å²) in [6.45, 7) is 0.449. The lowest BCUT2D eigenvalue weighted by Gasteiger charge is -2.29. The number of primary amides is 1. The van der Waals surface area contributed by atoms with E-state index < -0.39 is 11.6 Å². The van der Waals surface area contributed by atoms with Gasteiger partial charge in [-0.2, -0.15) is 4.98 Å². The minimum Gasteiger partial charge on any atom is -0.394 e. The van der Waals surface area contributed by atoms with Crippen molar-refractivity contribution in [2.45, 2.75) is 56.7 Å². The standard InChI is InChI=1S/C24H28ClF2N7O3/c25-13-7-17(26)20(18(27)8-13)32-24-31-19-10-29-23(30-14-5-6-37-16(9-14)11-35)33-22(19)34(24)15-3-1-12(2-4-15)21(28)36/h7-8,10,12,14-16,35H,1-6,9,11H2,(H2,28,36)(H,31,32)(H,29,30,33)/t12?,14-,15?,16?/m1/s1. The lowest BCUT2D eigenvalue weighted by Crippen LogP contribution is -2.36. The Balaban J connectivity index is 1.50. The quantitative estimate of drug-likeness (QED) is 0.359. The Hall–Kier alpha value is -3.09. The number of aliphatic hydroxyl groups is 1. The fourth-order valence-corrected chi connectivity index (χ4v) is 5.30. The number of halogens is 3. The molecule has 1 aromatic carbocycles. The lowest BCUT2D eigenvalue weighted by molar-refractivity contribution is -0.122. The van der Waals surface area contributed by atoms with E-state index in [1.165, 1.54) is 0 Å². The molecule has 1 unspecified atom stereocenters. The van der Waals surface area contributed by atoms with E-state index >= 15 is 0 Å². The number of carbonyl (C=O) groups is 1. The summed E-state index contributed by atoms with van der Waals surface area (Å²) in [5, 5.41) is 15.5. The van der Waals surface area contributed by atoms with Crippen molar-refractivity contribution in [2.24, 2.45) is 11.7 Å². The maximum atomic E-state index is 14.6. The zero-order valence-electron chi connectivity index (χ0n) is 20.0. The second-order valence-corrected chi connectivity index (χ2v) is 9.96. The number of fused-ring (bicyclic) bond motifs is 1. The highest BCUT2D eigenvalue weighted by Gasteiger charge is 2.30. The topological polar surface area (TPSA) is 140 Å². The zero-order valence-corrected chi connectivity index (χ0v) is 20.7. The molecule has 1 saturated carbocycles. The zero-order chi connectivity index (χ0) is 26.1. The predicted octanol–water partition coefficient (Wildman–Crippen LogP) is 3.67. The van der Waals surface area contributed by atoms with Crippen molar-refractivity contribution in [1.29, 1.82) is 0 Å². The van der Waals surface area contributed by atoms with Gasteiger partial charge in [-0.1, -0.05) is 11.6 Å². The van der Waals surface area contributed by atoms with Gasteiger partial charge in [0.25, 0.3) is 0 Å². The number of nitrogens with two attached hydrogens (primary N) is 1. The molecule has 198 valence electrons. The van der Waals surface area contributed by atoms with Gasteiger partial charge in [-0.3, -0.25) is 9.36 Å². The molecule has 0 radical (unpaired) electrons. The van der Waals surface area contributed by atoms with Crippen LogP contribution in [0, 0.1) is 17.6 Å². The number of aliphatic hydroxyl groups excluding tert-OH is 1. The lowest BCUT2D eigenvalue weighted by atomic mass is 9.85. The number of nitrogens with zero attached hydrogens (tertiary/aromatic N) is 4. The first-order valence-electron chi connectivity index (χ1n) is 12.3. The average Bonchev–Trinajstić information content (AvgIpc) is 3.23. The third kappa shape index (κ3) is 5.46. The molecule has 1 aliphatic carbocycles. The van der Waals surface area contributed by atoms with Crippen molar-refractivity contribution in [2.75, 3.05) is 23.8 Å². The maximum absolute atomic E-state index is 14.6. The molecule has 0 spiro atoms. The first kappa shape index (κ1) is 25.6. The number of nitrogens with one attached hydrogen (secondary N) is 2. The van der Waals surface area contributed by atoms with E-state index in [2.05, 4.69) is 20.6 Å². The highest BCUT2D eigenvalue weighted by atomic mass is 35.5.